The molecule has 0 nitrogen and oxygen atoms in total. The molecule has 0 atom stereocenters. The Labute approximate surface area is 88.4 Å². The van der Waals surface area contributed by atoms with Crippen molar-refractivity contribution in [2.45, 2.75) is 12.8 Å². The Morgan fingerprint density at radius 2 is 1.18 bits per heavy atom. The lowest BCUT2D eigenvalue weighted by atomic mass is 10.5. The molecule has 0 aliphatic carbocycles. The minimum atomic E-state index is 0. The fraction of sp³-hybridized carbons (Fsp3) is 0.500. The molecule has 0 bridgehead atoms. The number of thiol groups is 2. The molecular formula is C8H18S3. The van der Waals surface area contributed by atoms with E-state index in [2.05, 4.69) is 38.4 Å². The Morgan fingerprint density at radius 1 is 0.909 bits per heavy atom. The van der Waals surface area contributed by atoms with Crippen LogP contribution in [0.25, 0.3) is 0 Å². The first-order valence-corrected chi connectivity index (χ1v) is 4.53. The smallest absolute Gasteiger partial charge is 0.00634 e. The SMILES string of the molecule is C=CCCS.C=CCCS.S. The van der Waals surface area contributed by atoms with Crippen LogP contribution in [0.2, 0.25) is 0 Å². The van der Waals surface area contributed by atoms with Gasteiger partial charge in [0.05, 0.1) is 0 Å². The van der Waals surface area contributed by atoms with Crippen LogP contribution >= 0.6 is 38.8 Å². The van der Waals surface area contributed by atoms with E-state index in [1.54, 1.807) is 0 Å². The molecule has 0 heterocycles. The number of allylic oxidation sites excluding steroid dienone is 2. The summed E-state index contributed by atoms with van der Waals surface area (Å²) in [6.07, 6.45) is 5.74. The van der Waals surface area contributed by atoms with Gasteiger partial charge < -0.3 is 0 Å². The number of hydrogen-bond acceptors (Lipinski definition) is 2. The zero-order valence-corrected chi connectivity index (χ0v) is 9.58. The van der Waals surface area contributed by atoms with E-state index in [1.807, 2.05) is 12.2 Å². The minimum absolute atomic E-state index is 0. The Hall–Kier alpha value is 0.530. The van der Waals surface area contributed by atoms with Gasteiger partial charge in [-0.05, 0) is 24.3 Å². The van der Waals surface area contributed by atoms with Crippen molar-refractivity contribution in [1.82, 2.24) is 0 Å². The van der Waals surface area contributed by atoms with E-state index >= 15 is 0 Å². The van der Waals surface area contributed by atoms with Crippen molar-refractivity contribution >= 4 is 38.8 Å². The molecule has 0 amide bonds. The van der Waals surface area contributed by atoms with Gasteiger partial charge in [0.2, 0.25) is 0 Å². The van der Waals surface area contributed by atoms with Crippen LogP contribution in [0.4, 0.5) is 0 Å². The molecule has 0 saturated heterocycles. The predicted molar refractivity (Wildman–Crippen MR) is 67.7 cm³/mol. The molecule has 11 heavy (non-hydrogen) atoms. The summed E-state index contributed by atoms with van der Waals surface area (Å²) in [6, 6.07) is 0. The lowest BCUT2D eigenvalue weighted by Crippen LogP contribution is -1.59. The summed E-state index contributed by atoms with van der Waals surface area (Å²) >= 11 is 7.86. The normalized spacial score (nSPS) is 6.73. The van der Waals surface area contributed by atoms with Crippen LogP contribution in [-0.2, 0) is 0 Å². The van der Waals surface area contributed by atoms with Crippen molar-refractivity contribution in [2.24, 2.45) is 0 Å². The second-order valence-electron chi connectivity index (χ2n) is 1.60. The fourth-order valence-corrected chi connectivity index (χ4v) is 0.548. The van der Waals surface area contributed by atoms with Crippen LogP contribution in [0.15, 0.2) is 25.3 Å². The molecule has 0 saturated carbocycles. The zero-order valence-electron chi connectivity index (χ0n) is 6.79. The molecule has 0 aromatic carbocycles. The molecule has 0 rings (SSSR count). The first-order valence-electron chi connectivity index (χ1n) is 3.27. The fourth-order valence-electron chi connectivity index (χ4n) is 0.183. The summed E-state index contributed by atoms with van der Waals surface area (Å²) in [5.74, 6) is 1.84. The van der Waals surface area contributed by atoms with Crippen molar-refractivity contribution in [2.75, 3.05) is 11.5 Å². The van der Waals surface area contributed by atoms with Crippen LogP contribution in [-0.4, -0.2) is 11.5 Å². The highest BCUT2D eigenvalue weighted by Crippen LogP contribution is 1.80. The Bertz CT molecular complexity index is 61.7. The second-order valence-corrected chi connectivity index (χ2v) is 2.50. The lowest BCUT2D eigenvalue weighted by molar-refractivity contribution is 1.26. The van der Waals surface area contributed by atoms with E-state index < -0.39 is 0 Å². The molecule has 0 aliphatic heterocycles. The van der Waals surface area contributed by atoms with Gasteiger partial charge in [0.25, 0.3) is 0 Å². The number of hydrogen-bond donors (Lipinski definition) is 2. The van der Waals surface area contributed by atoms with Crippen LogP contribution in [0.1, 0.15) is 12.8 Å². The highest BCUT2D eigenvalue weighted by Gasteiger charge is 1.62. The predicted octanol–water partition coefficient (Wildman–Crippen LogP) is 3.10. The van der Waals surface area contributed by atoms with Gasteiger partial charge in [0.1, 0.15) is 0 Å². The minimum Gasteiger partial charge on any atom is -0.197 e. The van der Waals surface area contributed by atoms with E-state index in [4.69, 9.17) is 0 Å². The molecule has 68 valence electrons. The van der Waals surface area contributed by atoms with Gasteiger partial charge in [-0.3, -0.25) is 0 Å². The third-order valence-electron chi connectivity index (χ3n) is 0.666. The molecular weight excluding hydrogens is 192 g/mol. The third kappa shape index (κ3) is 37.3. The van der Waals surface area contributed by atoms with Crippen LogP contribution in [0.3, 0.4) is 0 Å². The zero-order chi connectivity index (χ0) is 8.24. The van der Waals surface area contributed by atoms with Crippen LogP contribution < -0.4 is 0 Å². The quantitative estimate of drug-likeness (QED) is 0.517. The van der Waals surface area contributed by atoms with Gasteiger partial charge >= 0.3 is 0 Å². The summed E-state index contributed by atoms with van der Waals surface area (Å²) in [7, 11) is 0. The highest BCUT2D eigenvalue weighted by atomic mass is 32.1. The largest absolute Gasteiger partial charge is 0.197 e. The molecule has 0 aliphatic rings. The van der Waals surface area contributed by atoms with Crippen molar-refractivity contribution in [3.63, 3.8) is 0 Å². The summed E-state index contributed by atoms with van der Waals surface area (Å²) in [5, 5.41) is 0. The highest BCUT2D eigenvalue weighted by molar-refractivity contribution is 7.80. The van der Waals surface area contributed by atoms with Crippen molar-refractivity contribution < 1.29 is 0 Å². The van der Waals surface area contributed by atoms with Gasteiger partial charge in [-0.25, -0.2) is 0 Å². The summed E-state index contributed by atoms with van der Waals surface area (Å²) < 4.78 is 0. The molecule has 0 fully saturated rings. The first-order chi connectivity index (χ1) is 4.83. The summed E-state index contributed by atoms with van der Waals surface area (Å²) in [4.78, 5) is 0. The Morgan fingerprint density at radius 3 is 1.18 bits per heavy atom. The molecule has 0 aromatic rings. The Balaban J connectivity index is -0.000000107. The summed E-state index contributed by atoms with van der Waals surface area (Å²) in [6.45, 7) is 7.00. The van der Waals surface area contributed by atoms with E-state index in [0.717, 1.165) is 24.3 Å². The second kappa shape index (κ2) is 22.4. The van der Waals surface area contributed by atoms with Gasteiger partial charge in [-0.2, -0.15) is 38.8 Å². The Kier molecular flexibility index (Phi) is 35.8. The van der Waals surface area contributed by atoms with Gasteiger partial charge in [-0.15, -0.1) is 13.2 Å². The summed E-state index contributed by atoms with van der Waals surface area (Å²) in [5.41, 5.74) is 0. The van der Waals surface area contributed by atoms with E-state index in [1.165, 1.54) is 0 Å². The van der Waals surface area contributed by atoms with Gasteiger partial charge in [-0.1, -0.05) is 12.2 Å². The maximum atomic E-state index is 3.93. The van der Waals surface area contributed by atoms with Crippen molar-refractivity contribution in [3.05, 3.63) is 25.3 Å². The molecule has 0 radical (unpaired) electrons. The maximum absolute atomic E-state index is 3.93. The molecule has 3 heteroatoms. The molecule has 0 aromatic heterocycles. The monoisotopic (exact) mass is 210 g/mol. The molecule has 0 spiro atoms. The molecule has 0 N–H and O–H groups in total. The van der Waals surface area contributed by atoms with Gasteiger partial charge in [0.15, 0.2) is 0 Å². The lowest BCUT2D eigenvalue weighted by Gasteiger charge is -1.72. The van der Waals surface area contributed by atoms with Gasteiger partial charge in [0, 0.05) is 0 Å². The maximum Gasteiger partial charge on any atom is -0.00634 e. The number of rotatable bonds is 4. The molecule has 0 unspecified atom stereocenters. The van der Waals surface area contributed by atoms with Crippen LogP contribution in [0, 0.1) is 0 Å². The standard InChI is InChI=1S/2C4H8S.H2S/c2*1-2-3-4-5;/h2*2,5H,1,3-4H2;1H2. The van der Waals surface area contributed by atoms with E-state index in [-0.39, 0.29) is 13.5 Å². The van der Waals surface area contributed by atoms with Crippen molar-refractivity contribution in [3.8, 4) is 0 Å². The van der Waals surface area contributed by atoms with Crippen LogP contribution in [0.5, 0.6) is 0 Å². The van der Waals surface area contributed by atoms with E-state index in [0.29, 0.717) is 0 Å². The van der Waals surface area contributed by atoms with E-state index in [9.17, 15) is 0 Å². The van der Waals surface area contributed by atoms with Crippen molar-refractivity contribution in [1.29, 1.82) is 0 Å². The average Bonchev–Trinajstić information content (AvgIpc) is 1.93. The average molecular weight is 210 g/mol. The first kappa shape index (κ1) is 17.6. The topological polar surface area (TPSA) is 0 Å². The third-order valence-corrected chi connectivity index (χ3v) is 1.18.